The molecule has 0 spiro atoms. The lowest BCUT2D eigenvalue weighted by molar-refractivity contribution is 0.381. The summed E-state index contributed by atoms with van der Waals surface area (Å²) < 4.78 is 6.67. The van der Waals surface area contributed by atoms with Crippen LogP contribution in [0.3, 0.4) is 0 Å². The largest absolute Gasteiger partial charge is 0.380 e. The monoisotopic (exact) mass is 332 g/mol. The van der Waals surface area contributed by atoms with E-state index in [0.717, 1.165) is 33.2 Å². The van der Waals surface area contributed by atoms with Gasteiger partial charge in [0.25, 0.3) is 0 Å². The van der Waals surface area contributed by atoms with Gasteiger partial charge in [0, 0.05) is 16.0 Å². The van der Waals surface area contributed by atoms with E-state index in [1.807, 2.05) is 18.2 Å². The second kappa shape index (κ2) is 4.62. The van der Waals surface area contributed by atoms with Crippen LogP contribution in [0.1, 0.15) is 37.4 Å². The van der Waals surface area contributed by atoms with E-state index in [-0.39, 0.29) is 0 Å². The van der Waals surface area contributed by atoms with Crippen LogP contribution < -0.4 is 5.73 Å². The zero-order valence-corrected chi connectivity index (χ0v) is 12.8. The number of hydrogen-bond donors (Lipinski definition) is 1. The van der Waals surface area contributed by atoms with Gasteiger partial charge in [0.05, 0.1) is 5.56 Å². The Balaban J connectivity index is 1.78. The molecule has 3 nitrogen and oxygen atoms in total. The molecule has 0 radical (unpaired) electrons. The van der Waals surface area contributed by atoms with Crippen LogP contribution in [0.15, 0.2) is 33.3 Å². The number of nitrogens with two attached hydrogens (primary N) is 1. The number of aromatic nitrogens is 1. The van der Waals surface area contributed by atoms with Gasteiger partial charge in [-0.2, -0.15) is 0 Å². The summed E-state index contributed by atoms with van der Waals surface area (Å²) in [7, 11) is 0. The van der Waals surface area contributed by atoms with E-state index in [0.29, 0.717) is 11.7 Å². The maximum atomic E-state index is 6.07. The number of rotatable bonds is 2. The maximum absolute atomic E-state index is 6.07. The molecule has 2 aromatic rings. The standard InChI is InChI=1S/C16H17BrN2O/c17-12-8-4-3-7-11(12)14-15(20-19-16(14)18)13-9-5-1-2-6-10(9)13/h3-4,7-10,13H,1-2,5-6H2,(H2,18,19). The molecule has 0 amide bonds. The van der Waals surface area contributed by atoms with Crippen LogP contribution in [0.25, 0.3) is 11.1 Å². The second-order valence-corrected chi connectivity index (χ2v) is 6.78. The van der Waals surface area contributed by atoms with Crippen molar-refractivity contribution in [1.29, 1.82) is 0 Å². The highest BCUT2D eigenvalue weighted by Gasteiger charge is 2.54. The topological polar surface area (TPSA) is 52.0 Å². The highest BCUT2D eigenvalue weighted by atomic mass is 79.9. The summed E-state index contributed by atoms with van der Waals surface area (Å²) in [6.07, 6.45) is 5.36. The summed E-state index contributed by atoms with van der Waals surface area (Å²) >= 11 is 3.61. The molecule has 0 bridgehead atoms. The molecule has 1 aromatic carbocycles. The number of hydrogen-bond acceptors (Lipinski definition) is 3. The van der Waals surface area contributed by atoms with Crippen molar-refractivity contribution < 1.29 is 4.52 Å². The van der Waals surface area contributed by atoms with E-state index in [2.05, 4.69) is 27.2 Å². The molecule has 104 valence electrons. The Morgan fingerprint density at radius 1 is 1.15 bits per heavy atom. The van der Waals surface area contributed by atoms with Gasteiger partial charge in [0.2, 0.25) is 0 Å². The summed E-state index contributed by atoms with van der Waals surface area (Å²) in [6, 6.07) is 8.14. The molecule has 2 atom stereocenters. The Morgan fingerprint density at radius 3 is 2.55 bits per heavy atom. The zero-order chi connectivity index (χ0) is 13.7. The molecule has 2 aliphatic carbocycles. The van der Waals surface area contributed by atoms with Crippen LogP contribution in [0.2, 0.25) is 0 Å². The van der Waals surface area contributed by atoms with Crippen molar-refractivity contribution in [2.45, 2.75) is 31.6 Å². The molecule has 4 rings (SSSR count). The Kier molecular flexibility index (Phi) is 2.88. The van der Waals surface area contributed by atoms with Gasteiger partial charge in [0.1, 0.15) is 5.76 Å². The van der Waals surface area contributed by atoms with Crippen molar-refractivity contribution >= 4 is 21.7 Å². The lowest BCUT2D eigenvalue weighted by atomic mass is 10.0. The molecule has 2 aliphatic rings. The van der Waals surface area contributed by atoms with Crippen molar-refractivity contribution in [3.8, 4) is 11.1 Å². The quantitative estimate of drug-likeness (QED) is 0.874. The van der Waals surface area contributed by atoms with Crippen LogP contribution in [-0.2, 0) is 0 Å². The third-order valence-electron chi connectivity index (χ3n) is 4.85. The predicted octanol–water partition coefficient (Wildman–Crippen LogP) is 4.59. The lowest BCUT2D eigenvalue weighted by Crippen LogP contribution is -1.91. The van der Waals surface area contributed by atoms with Gasteiger partial charge in [-0.15, -0.1) is 0 Å². The van der Waals surface area contributed by atoms with Gasteiger partial charge in [-0.05, 0) is 30.7 Å². The van der Waals surface area contributed by atoms with E-state index < -0.39 is 0 Å². The summed E-state index contributed by atoms with van der Waals surface area (Å²) in [5, 5.41) is 4.04. The van der Waals surface area contributed by atoms with Crippen molar-refractivity contribution in [2.24, 2.45) is 11.8 Å². The molecule has 2 N–H and O–H groups in total. The minimum atomic E-state index is 0.510. The minimum Gasteiger partial charge on any atom is -0.380 e. The lowest BCUT2D eigenvalue weighted by Gasteiger charge is -2.04. The normalized spacial score (nSPS) is 28.1. The SMILES string of the molecule is Nc1noc(C2C3CCCCC32)c1-c1ccccc1Br. The zero-order valence-electron chi connectivity index (χ0n) is 11.2. The van der Waals surface area contributed by atoms with Gasteiger partial charge in [-0.25, -0.2) is 0 Å². The fourth-order valence-electron chi connectivity index (χ4n) is 3.86. The number of nitrogens with zero attached hydrogens (tertiary/aromatic N) is 1. The van der Waals surface area contributed by atoms with Crippen LogP contribution in [0, 0.1) is 11.8 Å². The fourth-order valence-corrected chi connectivity index (χ4v) is 4.34. The van der Waals surface area contributed by atoms with Crippen molar-refractivity contribution in [2.75, 3.05) is 5.73 Å². The van der Waals surface area contributed by atoms with Crippen molar-refractivity contribution in [3.05, 3.63) is 34.5 Å². The Hall–Kier alpha value is -1.29. The molecule has 2 unspecified atom stereocenters. The molecule has 1 aromatic heterocycles. The second-order valence-electron chi connectivity index (χ2n) is 5.92. The molecule has 1 heterocycles. The van der Waals surface area contributed by atoms with Gasteiger partial charge in [-0.3, -0.25) is 0 Å². The summed E-state index contributed by atoms with van der Waals surface area (Å²) in [5.41, 5.74) is 8.16. The highest BCUT2D eigenvalue weighted by Crippen LogP contribution is 2.63. The first kappa shape index (κ1) is 12.5. The summed E-state index contributed by atoms with van der Waals surface area (Å²) in [6.45, 7) is 0. The number of halogens is 1. The van der Waals surface area contributed by atoms with E-state index in [1.54, 1.807) is 0 Å². The van der Waals surface area contributed by atoms with Gasteiger partial charge in [0.15, 0.2) is 5.82 Å². The summed E-state index contributed by atoms with van der Waals surface area (Å²) in [5.74, 6) is 3.63. The maximum Gasteiger partial charge on any atom is 0.175 e. The molecule has 2 fully saturated rings. The smallest absolute Gasteiger partial charge is 0.175 e. The average molecular weight is 333 g/mol. The Morgan fingerprint density at radius 2 is 1.85 bits per heavy atom. The number of fused-ring (bicyclic) bond motifs is 1. The summed E-state index contributed by atoms with van der Waals surface area (Å²) in [4.78, 5) is 0. The van der Waals surface area contributed by atoms with Crippen LogP contribution in [0.4, 0.5) is 5.82 Å². The van der Waals surface area contributed by atoms with Gasteiger partial charge < -0.3 is 10.3 Å². The Labute approximate surface area is 126 Å². The van der Waals surface area contributed by atoms with Crippen LogP contribution in [0.5, 0.6) is 0 Å². The first-order valence-corrected chi connectivity index (χ1v) is 8.06. The molecular weight excluding hydrogens is 316 g/mol. The van der Waals surface area contributed by atoms with Crippen LogP contribution in [-0.4, -0.2) is 5.16 Å². The molecule has 0 aliphatic heterocycles. The molecule has 4 heteroatoms. The van der Waals surface area contributed by atoms with E-state index >= 15 is 0 Å². The predicted molar refractivity (Wildman–Crippen MR) is 82.2 cm³/mol. The fraction of sp³-hybridized carbons (Fsp3) is 0.438. The first-order valence-electron chi connectivity index (χ1n) is 7.27. The number of anilines is 1. The van der Waals surface area contributed by atoms with Crippen LogP contribution >= 0.6 is 15.9 Å². The third-order valence-corrected chi connectivity index (χ3v) is 5.54. The molecule has 20 heavy (non-hydrogen) atoms. The number of nitrogen functional groups attached to an aromatic ring is 1. The van der Waals surface area contributed by atoms with Gasteiger partial charge >= 0.3 is 0 Å². The van der Waals surface area contributed by atoms with Crippen molar-refractivity contribution in [3.63, 3.8) is 0 Å². The van der Waals surface area contributed by atoms with E-state index in [9.17, 15) is 0 Å². The average Bonchev–Trinajstić information content (AvgIpc) is 3.08. The molecule has 2 saturated carbocycles. The molecular formula is C16H17BrN2O. The number of benzene rings is 1. The third kappa shape index (κ3) is 1.81. The van der Waals surface area contributed by atoms with E-state index in [1.165, 1.54) is 25.7 Å². The Bertz CT molecular complexity index is 640. The van der Waals surface area contributed by atoms with E-state index in [4.69, 9.17) is 10.3 Å². The molecule has 0 saturated heterocycles. The van der Waals surface area contributed by atoms with Crippen molar-refractivity contribution in [1.82, 2.24) is 5.16 Å². The first-order chi connectivity index (χ1) is 9.77. The minimum absolute atomic E-state index is 0.510. The highest BCUT2D eigenvalue weighted by molar-refractivity contribution is 9.10. The van der Waals surface area contributed by atoms with Gasteiger partial charge in [-0.1, -0.05) is 52.1 Å².